The molecule has 2 aromatic heterocycles. The van der Waals surface area contributed by atoms with E-state index >= 15 is 0 Å². The quantitative estimate of drug-likeness (QED) is 0.840. The zero-order chi connectivity index (χ0) is 17.9. The maximum absolute atomic E-state index is 5.67. The van der Waals surface area contributed by atoms with E-state index in [1.165, 1.54) is 65.6 Å². The summed E-state index contributed by atoms with van der Waals surface area (Å²) in [6, 6.07) is 0.457. The van der Waals surface area contributed by atoms with Gasteiger partial charge in [-0.05, 0) is 65.0 Å². The standard InChI is InChI=1S/C20H31N5S/c1-15-18(9-5-10-21)26-19(23-15)14-24-11-6-8-17(24)20-22-13-16-7-3-2-4-12-25(16)20/h13,17H,2-12,14,21H2,1H3/t17-/m0/s1. The number of aromatic nitrogens is 3. The van der Waals surface area contributed by atoms with Crippen LogP contribution in [0.4, 0.5) is 0 Å². The van der Waals surface area contributed by atoms with Gasteiger partial charge in [0.25, 0.3) is 0 Å². The van der Waals surface area contributed by atoms with E-state index in [9.17, 15) is 0 Å². The van der Waals surface area contributed by atoms with Crippen molar-refractivity contribution in [3.63, 3.8) is 0 Å². The largest absolute Gasteiger partial charge is 0.331 e. The number of nitrogens with zero attached hydrogens (tertiary/aromatic N) is 4. The predicted molar refractivity (Wildman–Crippen MR) is 106 cm³/mol. The number of nitrogens with two attached hydrogens (primary N) is 1. The molecule has 0 bridgehead atoms. The van der Waals surface area contributed by atoms with E-state index in [0.29, 0.717) is 6.04 Å². The van der Waals surface area contributed by atoms with Crippen LogP contribution in [0.2, 0.25) is 0 Å². The number of hydrogen-bond acceptors (Lipinski definition) is 5. The SMILES string of the molecule is Cc1nc(CN2CCC[C@H]2c2ncc3n2CCCCC3)sc1CCCN. The fourth-order valence-corrected chi connectivity index (χ4v) is 5.57. The fraction of sp³-hybridized carbons (Fsp3) is 0.700. The van der Waals surface area contributed by atoms with Crippen molar-refractivity contribution >= 4 is 11.3 Å². The first-order valence-corrected chi connectivity index (χ1v) is 11.0. The molecule has 6 heteroatoms. The van der Waals surface area contributed by atoms with E-state index in [1.54, 1.807) is 0 Å². The molecule has 0 saturated carbocycles. The Labute approximate surface area is 160 Å². The van der Waals surface area contributed by atoms with Gasteiger partial charge in [0.2, 0.25) is 0 Å². The van der Waals surface area contributed by atoms with Gasteiger partial charge in [0, 0.05) is 23.3 Å². The first-order valence-electron chi connectivity index (χ1n) is 10.2. The van der Waals surface area contributed by atoms with Gasteiger partial charge in [-0.15, -0.1) is 11.3 Å². The van der Waals surface area contributed by atoms with Gasteiger partial charge >= 0.3 is 0 Å². The first kappa shape index (κ1) is 18.1. The molecule has 2 aromatic rings. The zero-order valence-electron chi connectivity index (χ0n) is 15.9. The van der Waals surface area contributed by atoms with Crippen molar-refractivity contribution in [2.45, 2.75) is 77.4 Å². The van der Waals surface area contributed by atoms with Crippen LogP contribution in [0.5, 0.6) is 0 Å². The molecule has 1 atom stereocenters. The summed E-state index contributed by atoms with van der Waals surface area (Å²) in [4.78, 5) is 13.7. The zero-order valence-corrected chi connectivity index (χ0v) is 16.7. The van der Waals surface area contributed by atoms with E-state index in [4.69, 9.17) is 15.7 Å². The third kappa shape index (κ3) is 3.73. The second kappa shape index (κ2) is 8.19. The molecule has 2 aliphatic rings. The average molecular weight is 374 g/mol. The molecule has 5 nitrogen and oxygen atoms in total. The number of rotatable bonds is 6. The third-order valence-corrected chi connectivity index (χ3v) is 7.03. The van der Waals surface area contributed by atoms with Crippen LogP contribution < -0.4 is 5.73 Å². The Balaban J connectivity index is 1.50. The van der Waals surface area contributed by atoms with Crippen molar-refractivity contribution in [1.82, 2.24) is 19.4 Å². The molecule has 0 aliphatic carbocycles. The van der Waals surface area contributed by atoms with E-state index < -0.39 is 0 Å². The Morgan fingerprint density at radius 1 is 1.23 bits per heavy atom. The maximum atomic E-state index is 5.67. The number of likely N-dealkylation sites (tertiary alicyclic amines) is 1. The molecule has 2 N–H and O–H groups in total. The van der Waals surface area contributed by atoms with E-state index in [0.717, 1.165) is 39.0 Å². The number of imidazole rings is 1. The van der Waals surface area contributed by atoms with Gasteiger partial charge in [-0.25, -0.2) is 9.97 Å². The molecule has 2 aliphatic heterocycles. The number of fused-ring (bicyclic) bond motifs is 1. The number of thiazole rings is 1. The highest BCUT2D eigenvalue weighted by molar-refractivity contribution is 7.11. The van der Waals surface area contributed by atoms with Crippen LogP contribution in [0.15, 0.2) is 6.20 Å². The van der Waals surface area contributed by atoms with E-state index in [1.807, 2.05) is 11.3 Å². The van der Waals surface area contributed by atoms with Crippen molar-refractivity contribution in [3.8, 4) is 0 Å². The summed E-state index contributed by atoms with van der Waals surface area (Å²) >= 11 is 1.88. The van der Waals surface area contributed by atoms with Crippen molar-refractivity contribution in [3.05, 3.63) is 33.3 Å². The molecule has 0 aromatic carbocycles. The summed E-state index contributed by atoms with van der Waals surface area (Å²) in [5.74, 6) is 1.30. The smallest absolute Gasteiger partial charge is 0.126 e. The highest BCUT2D eigenvalue weighted by atomic mass is 32.1. The summed E-state index contributed by atoms with van der Waals surface area (Å²) in [7, 11) is 0. The van der Waals surface area contributed by atoms with Gasteiger partial charge in [-0.1, -0.05) is 6.42 Å². The third-order valence-electron chi connectivity index (χ3n) is 5.83. The minimum absolute atomic E-state index is 0.457. The van der Waals surface area contributed by atoms with Gasteiger partial charge in [0.05, 0.1) is 18.3 Å². The van der Waals surface area contributed by atoms with Gasteiger partial charge in [-0.2, -0.15) is 0 Å². The lowest BCUT2D eigenvalue weighted by Gasteiger charge is -2.24. The molecule has 0 radical (unpaired) electrons. The highest BCUT2D eigenvalue weighted by Gasteiger charge is 2.31. The normalized spacial score (nSPS) is 21.1. The molecule has 1 saturated heterocycles. The van der Waals surface area contributed by atoms with Crippen molar-refractivity contribution in [1.29, 1.82) is 0 Å². The summed E-state index contributed by atoms with van der Waals surface area (Å²) in [5, 5.41) is 1.25. The van der Waals surface area contributed by atoms with E-state index in [-0.39, 0.29) is 0 Å². The maximum Gasteiger partial charge on any atom is 0.126 e. The lowest BCUT2D eigenvalue weighted by atomic mass is 10.2. The lowest BCUT2D eigenvalue weighted by Crippen LogP contribution is -2.25. The Morgan fingerprint density at radius 2 is 2.15 bits per heavy atom. The Kier molecular flexibility index (Phi) is 5.72. The first-order chi connectivity index (χ1) is 12.8. The van der Waals surface area contributed by atoms with Gasteiger partial charge in [0.15, 0.2) is 0 Å². The van der Waals surface area contributed by atoms with Crippen LogP contribution in [0.3, 0.4) is 0 Å². The minimum Gasteiger partial charge on any atom is -0.331 e. The van der Waals surface area contributed by atoms with Crippen LogP contribution in [-0.4, -0.2) is 32.5 Å². The number of aryl methyl sites for hydroxylation is 3. The Hall–Kier alpha value is -1.24. The van der Waals surface area contributed by atoms with Crippen molar-refractivity contribution in [2.75, 3.05) is 13.1 Å². The Morgan fingerprint density at radius 3 is 3.04 bits per heavy atom. The van der Waals surface area contributed by atoms with Crippen molar-refractivity contribution < 1.29 is 0 Å². The second-order valence-electron chi connectivity index (χ2n) is 7.71. The highest BCUT2D eigenvalue weighted by Crippen LogP contribution is 2.35. The average Bonchev–Trinajstić information content (AvgIpc) is 3.29. The lowest BCUT2D eigenvalue weighted by molar-refractivity contribution is 0.234. The predicted octanol–water partition coefficient (Wildman–Crippen LogP) is 3.60. The minimum atomic E-state index is 0.457. The van der Waals surface area contributed by atoms with Gasteiger partial charge < -0.3 is 10.3 Å². The summed E-state index contributed by atoms with van der Waals surface area (Å²) in [6.45, 7) is 6.16. The Bertz CT molecular complexity index is 735. The summed E-state index contributed by atoms with van der Waals surface area (Å²) < 4.78 is 2.52. The second-order valence-corrected chi connectivity index (χ2v) is 8.88. The molecule has 0 unspecified atom stereocenters. The molecular weight excluding hydrogens is 342 g/mol. The van der Waals surface area contributed by atoms with Crippen LogP contribution >= 0.6 is 11.3 Å². The summed E-state index contributed by atoms with van der Waals surface area (Å²) in [6.07, 6.45) is 11.9. The van der Waals surface area contributed by atoms with Gasteiger partial charge in [-0.3, -0.25) is 4.90 Å². The molecule has 4 heterocycles. The monoisotopic (exact) mass is 373 g/mol. The molecule has 0 spiro atoms. The fourth-order valence-electron chi connectivity index (χ4n) is 4.44. The molecule has 1 fully saturated rings. The van der Waals surface area contributed by atoms with Crippen LogP contribution in [0, 0.1) is 6.92 Å². The van der Waals surface area contributed by atoms with Crippen LogP contribution in [0.1, 0.15) is 71.7 Å². The molecule has 26 heavy (non-hydrogen) atoms. The van der Waals surface area contributed by atoms with Crippen molar-refractivity contribution in [2.24, 2.45) is 5.73 Å². The summed E-state index contributed by atoms with van der Waals surface area (Å²) in [5.41, 5.74) is 8.31. The van der Waals surface area contributed by atoms with Crippen LogP contribution in [-0.2, 0) is 25.9 Å². The van der Waals surface area contributed by atoms with Crippen LogP contribution in [0.25, 0.3) is 0 Å². The molecule has 142 valence electrons. The number of hydrogen-bond donors (Lipinski definition) is 1. The molecule has 0 amide bonds. The topological polar surface area (TPSA) is 60.0 Å². The molecule has 4 rings (SSSR count). The van der Waals surface area contributed by atoms with Gasteiger partial charge in [0.1, 0.15) is 10.8 Å². The van der Waals surface area contributed by atoms with E-state index in [2.05, 4.69) is 22.6 Å². The molecular formula is C20H31N5S.